The van der Waals surface area contributed by atoms with Crippen molar-refractivity contribution < 1.29 is 0 Å². The maximum Gasteiger partial charge on any atom is 0.0323 e. The molecule has 1 aromatic rings. The van der Waals surface area contributed by atoms with Crippen LogP contribution >= 0.6 is 31.9 Å². The van der Waals surface area contributed by atoms with Crippen LogP contribution in [0.4, 0.5) is 0 Å². The molecule has 1 nitrogen and oxygen atoms in total. The molecule has 1 aliphatic carbocycles. The Bertz CT molecular complexity index is 334. The molecule has 0 aliphatic heterocycles. The van der Waals surface area contributed by atoms with Gasteiger partial charge in [0.2, 0.25) is 0 Å². The number of halogens is 2. The van der Waals surface area contributed by atoms with Crippen molar-refractivity contribution in [3.8, 4) is 0 Å². The zero-order valence-corrected chi connectivity index (χ0v) is 11.0. The second-order valence-corrected chi connectivity index (χ2v) is 5.60. The molecule has 1 aromatic carbocycles. The lowest BCUT2D eigenvalue weighted by Crippen LogP contribution is -2.26. The van der Waals surface area contributed by atoms with Gasteiger partial charge in [0.05, 0.1) is 0 Å². The van der Waals surface area contributed by atoms with Crippen molar-refractivity contribution in [2.45, 2.75) is 25.3 Å². The van der Waals surface area contributed by atoms with Gasteiger partial charge in [-0.2, -0.15) is 0 Å². The van der Waals surface area contributed by atoms with E-state index in [4.69, 9.17) is 5.73 Å². The van der Waals surface area contributed by atoms with Crippen LogP contribution in [0.15, 0.2) is 27.1 Å². The van der Waals surface area contributed by atoms with Crippen LogP contribution in [0.2, 0.25) is 0 Å². The van der Waals surface area contributed by atoms with Gasteiger partial charge >= 0.3 is 0 Å². The van der Waals surface area contributed by atoms with Gasteiger partial charge in [-0.15, -0.1) is 0 Å². The summed E-state index contributed by atoms with van der Waals surface area (Å²) in [7, 11) is 0. The average Bonchev–Trinajstić information content (AvgIpc) is 2.06. The zero-order valence-electron chi connectivity index (χ0n) is 7.84. The highest BCUT2D eigenvalue weighted by Gasteiger charge is 2.25. The first-order chi connectivity index (χ1) is 6.68. The van der Waals surface area contributed by atoms with E-state index in [0.717, 1.165) is 8.95 Å². The topological polar surface area (TPSA) is 26.0 Å². The summed E-state index contributed by atoms with van der Waals surface area (Å²) in [6.45, 7) is 0. The quantitative estimate of drug-likeness (QED) is 0.876. The van der Waals surface area contributed by atoms with Crippen LogP contribution in [-0.2, 0) is 0 Å². The summed E-state index contributed by atoms with van der Waals surface area (Å²) in [6, 6.07) is 6.50. The van der Waals surface area contributed by atoms with Crippen molar-refractivity contribution >= 4 is 31.9 Å². The normalized spacial score (nSPS) is 19.1. The molecule has 0 amide bonds. The molecule has 2 N–H and O–H groups in total. The largest absolute Gasteiger partial charge is 0.324 e. The fraction of sp³-hybridized carbons (Fsp3) is 0.455. The first-order valence-electron chi connectivity index (χ1n) is 4.89. The average molecular weight is 319 g/mol. The Morgan fingerprint density at radius 2 is 1.93 bits per heavy atom. The molecular weight excluding hydrogens is 306 g/mol. The van der Waals surface area contributed by atoms with Crippen molar-refractivity contribution in [3.05, 3.63) is 32.7 Å². The fourth-order valence-electron chi connectivity index (χ4n) is 1.79. The minimum Gasteiger partial charge on any atom is -0.324 e. The molecule has 1 atom stereocenters. The number of nitrogens with two attached hydrogens (primary N) is 1. The molecule has 1 saturated carbocycles. The molecule has 2 rings (SSSR count). The van der Waals surface area contributed by atoms with Gasteiger partial charge in [-0.25, -0.2) is 0 Å². The standard InChI is InChI=1S/C11H13Br2N/c12-9-5-4-8(6-10(9)13)11(14)7-2-1-3-7/h4-7,11H,1-3,14H2/t11-/m1/s1. The zero-order chi connectivity index (χ0) is 10.1. The number of rotatable bonds is 2. The first kappa shape index (κ1) is 10.7. The number of hydrogen-bond donors (Lipinski definition) is 1. The first-order valence-corrected chi connectivity index (χ1v) is 6.47. The Hall–Kier alpha value is 0.140. The maximum atomic E-state index is 6.18. The lowest BCUT2D eigenvalue weighted by atomic mass is 9.78. The van der Waals surface area contributed by atoms with E-state index in [2.05, 4.69) is 50.1 Å². The predicted molar refractivity (Wildman–Crippen MR) is 66.1 cm³/mol. The van der Waals surface area contributed by atoms with Gasteiger partial charge in [-0.05, 0) is 68.3 Å². The Labute approximate surface area is 101 Å². The van der Waals surface area contributed by atoms with Crippen molar-refractivity contribution in [2.75, 3.05) is 0 Å². The second-order valence-electron chi connectivity index (χ2n) is 3.89. The van der Waals surface area contributed by atoms with Gasteiger partial charge in [-0.3, -0.25) is 0 Å². The maximum absolute atomic E-state index is 6.18. The highest BCUT2D eigenvalue weighted by Crippen LogP contribution is 2.37. The van der Waals surface area contributed by atoms with E-state index in [1.54, 1.807) is 0 Å². The van der Waals surface area contributed by atoms with Crippen LogP contribution in [0.1, 0.15) is 30.9 Å². The SMILES string of the molecule is N[C@@H](c1ccc(Br)c(Br)c1)C1CCC1. The molecule has 14 heavy (non-hydrogen) atoms. The molecule has 0 heterocycles. The van der Waals surface area contributed by atoms with Crippen molar-refractivity contribution in [2.24, 2.45) is 11.7 Å². The summed E-state index contributed by atoms with van der Waals surface area (Å²) >= 11 is 6.96. The second kappa shape index (κ2) is 4.33. The van der Waals surface area contributed by atoms with Gasteiger partial charge in [0, 0.05) is 15.0 Å². The molecule has 0 aromatic heterocycles. The van der Waals surface area contributed by atoms with Crippen molar-refractivity contribution in [1.29, 1.82) is 0 Å². The molecule has 3 heteroatoms. The van der Waals surface area contributed by atoms with E-state index in [1.165, 1.54) is 24.8 Å². The summed E-state index contributed by atoms with van der Waals surface area (Å²) in [6.07, 6.45) is 3.92. The van der Waals surface area contributed by atoms with Gasteiger partial charge < -0.3 is 5.73 Å². The van der Waals surface area contributed by atoms with Crippen LogP contribution in [0, 0.1) is 5.92 Å². The summed E-state index contributed by atoms with van der Waals surface area (Å²) in [5.74, 6) is 0.697. The highest BCUT2D eigenvalue weighted by atomic mass is 79.9. The van der Waals surface area contributed by atoms with Crippen LogP contribution in [0.25, 0.3) is 0 Å². The van der Waals surface area contributed by atoms with Crippen LogP contribution < -0.4 is 5.73 Å². The van der Waals surface area contributed by atoms with E-state index < -0.39 is 0 Å². The van der Waals surface area contributed by atoms with Gasteiger partial charge in [0.25, 0.3) is 0 Å². The minimum atomic E-state index is 0.216. The van der Waals surface area contributed by atoms with Gasteiger partial charge in [0.1, 0.15) is 0 Å². The number of benzene rings is 1. The third kappa shape index (κ3) is 2.05. The monoisotopic (exact) mass is 317 g/mol. The molecular formula is C11H13Br2N. The predicted octanol–water partition coefficient (Wildman–Crippen LogP) is 4.01. The molecule has 0 saturated heterocycles. The molecule has 0 unspecified atom stereocenters. The minimum absolute atomic E-state index is 0.216. The third-order valence-corrected chi connectivity index (χ3v) is 4.87. The molecule has 1 aliphatic rings. The van der Waals surface area contributed by atoms with E-state index in [9.17, 15) is 0 Å². The Balaban J connectivity index is 2.18. The molecule has 1 fully saturated rings. The third-order valence-electron chi connectivity index (χ3n) is 2.99. The highest BCUT2D eigenvalue weighted by molar-refractivity contribution is 9.13. The lowest BCUT2D eigenvalue weighted by molar-refractivity contribution is 0.264. The summed E-state index contributed by atoms with van der Waals surface area (Å²) in [5, 5.41) is 0. The summed E-state index contributed by atoms with van der Waals surface area (Å²) < 4.78 is 2.17. The van der Waals surface area contributed by atoms with Crippen LogP contribution in [0.5, 0.6) is 0 Å². The van der Waals surface area contributed by atoms with Crippen molar-refractivity contribution in [1.82, 2.24) is 0 Å². The van der Waals surface area contributed by atoms with E-state index in [-0.39, 0.29) is 6.04 Å². The smallest absolute Gasteiger partial charge is 0.0323 e. The Morgan fingerprint density at radius 3 is 2.43 bits per heavy atom. The van der Waals surface area contributed by atoms with Crippen molar-refractivity contribution in [3.63, 3.8) is 0 Å². The molecule has 76 valence electrons. The van der Waals surface area contributed by atoms with E-state index >= 15 is 0 Å². The number of hydrogen-bond acceptors (Lipinski definition) is 1. The van der Waals surface area contributed by atoms with Gasteiger partial charge in [0.15, 0.2) is 0 Å². The summed E-state index contributed by atoms with van der Waals surface area (Å²) in [5.41, 5.74) is 7.42. The lowest BCUT2D eigenvalue weighted by Gasteiger charge is -2.31. The fourth-order valence-corrected chi connectivity index (χ4v) is 2.43. The summed E-state index contributed by atoms with van der Waals surface area (Å²) in [4.78, 5) is 0. The Kier molecular flexibility index (Phi) is 3.30. The molecule has 0 bridgehead atoms. The van der Waals surface area contributed by atoms with Crippen LogP contribution in [0.3, 0.4) is 0 Å². The Morgan fingerprint density at radius 1 is 1.21 bits per heavy atom. The van der Waals surface area contributed by atoms with E-state index in [0.29, 0.717) is 5.92 Å². The van der Waals surface area contributed by atoms with Crippen LogP contribution in [-0.4, -0.2) is 0 Å². The molecule has 0 radical (unpaired) electrons. The molecule has 0 spiro atoms. The van der Waals surface area contributed by atoms with E-state index in [1.807, 2.05) is 0 Å². The van der Waals surface area contributed by atoms with Gasteiger partial charge in [-0.1, -0.05) is 12.5 Å².